The van der Waals surface area contributed by atoms with Gasteiger partial charge < -0.3 is 5.32 Å². The number of aryl methyl sites for hydroxylation is 1. The lowest BCUT2D eigenvalue weighted by Gasteiger charge is -2.09. The van der Waals surface area contributed by atoms with Crippen LogP contribution in [-0.2, 0) is 0 Å². The average Bonchev–Trinajstić information content (AvgIpc) is 2.42. The lowest BCUT2D eigenvalue weighted by Crippen LogP contribution is -2.17. The van der Waals surface area contributed by atoms with Crippen molar-refractivity contribution >= 4 is 11.6 Å². The van der Waals surface area contributed by atoms with Crippen LogP contribution in [-0.4, -0.2) is 10.9 Å². The van der Waals surface area contributed by atoms with Gasteiger partial charge >= 0.3 is 0 Å². The van der Waals surface area contributed by atoms with Gasteiger partial charge in [-0.1, -0.05) is 6.07 Å². The Morgan fingerprint density at radius 2 is 1.80 bits per heavy atom. The van der Waals surface area contributed by atoms with Gasteiger partial charge in [-0.25, -0.2) is 18.2 Å². The van der Waals surface area contributed by atoms with Crippen LogP contribution in [0, 0.1) is 30.3 Å². The van der Waals surface area contributed by atoms with Crippen LogP contribution in [0.15, 0.2) is 24.4 Å². The Morgan fingerprint density at radius 1 is 1.10 bits per heavy atom. The fraction of sp³-hybridized carbons (Fsp3) is 0.0769. The first-order valence-corrected chi connectivity index (χ1v) is 5.47. The number of anilines is 1. The van der Waals surface area contributed by atoms with Gasteiger partial charge in [-0.15, -0.1) is 0 Å². The van der Waals surface area contributed by atoms with E-state index in [-0.39, 0.29) is 5.56 Å². The SMILES string of the molecule is Cc1ccc(F)c(NC(=O)c2ccnc(F)c2F)c1F. The molecule has 0 bridgehead atoms. The fourth-order valence-corrected chi connectivity index (χ4v) is 1.55. The van der Waals surface area contributed by atoms with E-state index in [4.69, 9.17) is 0 Å². The zero-order chi connectivity index (χ0) is 14.9. The molecule has 1 aromatic carbocycles. The first-order valence-electron chi connectivity index (χ1n) is 5.47. The summed E-state index contributed by atoms with van der Waals surface area (Å²) in [7, 11) is 0. The highest BCUT2D eigenvalue weighted by Gasteiger charge is 2.19. The van der Waals surface area contributed by atoms with Crippen LogP contribution >= 0.6 is 0 Å². The molecule has 20 heavy (non-hydrogen) atoms. The van der Waals surface area contributed by atoms with E-state index in [0.717, 1.165) is 18.3 Å². The minimum Gasteiger partial charge on any atom is -0.317 e. The van der Waals surface area contributed by atoms with Crippen LogP contribution in [0.3, 0.4) is 0 Å². The molecule has 104 valence electrons. The Morgan fingerprint density at radius 3 is 2.50 bits per heavy atom. The van der Waals surface area contributed by atoms with E-state index in [1.54, 1.807) is 0 Å². The third-order valence-corrected chi connectivity index (χ3v) is 2.61. The van der Waals surface area contributed by atoms with Gasteiger partial charge in [0.2, 0.25) is 5.95 Å². The van der Waals surface area contributed by atoms with E-state index in [1.165, 1.54) is 13.0 Å². The third-order valence-electron chi connectivity index (χ3n) is 2.61. The number of pyridine rings is 1. The molecule has 2 aromatic rings. The summed E-state index contributed by atoms with van der Waals surface area (Å²) in [4.78, 5) is 14.7. The zero-order valence-electron chi connectivity index (χ0n) is 10.2. The minimum atomic E-state index is -1.49. The molecule has 0 saturated carbocycles. The molecular weight excluding hydrogens is 276 g/mol. The van der Waals surface area contributed by atoms with E-state index in [0.29, 0.717) is 0 Å². The number of carbonyl (C=O) groups excluding carboxylic acids is 1. The molecular formula is C13H8F4N2O. The molecule has 3 nitrogen and oxygen atoms in total. The number of rotatable bonds is 2. The molecule has 1 amide bonds. The molecule has 0 atom stereocenters. The van der Waals surface area contributed by atoms with Gasteiger partial charge in [0.15, 0.2) is 11.6 Å². The van der Waals surface area contributed by atoms with Crippen molar-refractivity contribution in [3.05, 3.63) is 58.9 Å². The van der Waals surface area contributed by atoms with Crippen LogP contribution in [0.25, 0.3) is 0 Å². The second kappa shape index (κ2) is 5.28. The standard InChI is InChI=1S/C13H8F4N2O/c1-6-2-3-8(14)11(9(6)15)19-13(20)7-4-5-18-12(17)10(7)16/h2-5H,1H3,(H,19,20). The molecule has 0 unspecified atom stereocenters. The maximum absolute atomic E-state index is 13.7. The summed E-state index contributed by atoms with van der Waals surface area (Å²) in [5.41, 5.74) is -1.31. The molecule has 0 aliphatic heterocycles. The van der Waals surface area contributed by atoms with Crippen LogP contribution in [0.4, 0.5) is 23.2 Å². The largest absolute Gasteiger partial charge is 0.317 e. The number of halogens is 4. The highest BCUT2D eigenvalue weighted by molar-refractivity contribution is 6.04. The first-order chi connectivity index (χ1) is 9.41. The van der Waals surface area contributed by atoms with Crippen molar-refractivity contribution < 1.29 is 22.4 Å². The molecule has 0 aliphatic rings. The normalized spacial score (nSPS) is 10.4. The third kappa shape index (κ3) is 2.47. The van der Waals surface area contributed by atoms with Crippen molar-refractivity contribution in [3.8, 4) is 0 Å². The fourth-order valence-electron chi connectivity index (χ4n) is 1.55. The topological polar surface area (TPSA) is 42.0 Å². The predicted molar refractivity (Wildman–Crippen MR) is 63.2 cm³/mol. The lowest BCUT2D eigenvalue weighted by atomic mass is 10.1. The minimum absolute atomic E-state index is 0.100. The number of hydrogen-bond acceptors (Lipinski definition) is 2. The van der Waals surface area contributed by atoms with Crippen molar-refractivity contribution in [2.45, 2.75) is 6.92 Å². The van der Waals surface area contributed by atoms with Crippen LogP contribution in [0.1, 0.15) is 15.9 Å². The van der Waals surface area contributed by atoms with Crippen LogP contribution < -0.4 is 5.32 Å². The Labute approximate surface area is 111 Å². The second-order valence-electron chi connectivity index (χ2n) is 3.97. The second-order valence-corrected chi connectivity index (χ2v) is 3.97. The quantitative estimate of drug-likeness (QED) is 0.679. The van der Waals surface area contributed by atoms with Gasteiger partial charge in [0, 0.05) is 6.20 Å². The van der Waals surface area contributed by atoms with E-state index in [1.807, 2.05) is 5.32 Å². The van der Waals surface area contributed by atoms with E-state index in [2.05, 4.69) is 4.98 Å². The summed E-state index contributed by atoms with van der Waals surface area (Å²) in [6.07, 6.45) is 0.871. The predicted octanol–water partition coefficient (Wildman–Crippen LogP) is 3.20. The van der Waals surface area contributed by atoms with E-state index in [9.17, 15) is 22.4 Å². The molecule has 1 heterocycles. The summed E-state index contributed by atoms with van der Waals surface area (Å²) >= 11 is 0. The summed E-state index contributed by atoms with van der Waals surface area (Å²) in [6, 6.07) is 3.05. The van der Waals surface area contributed by atoms with E-state index < -0.39 is 40.6 Å². The highest BCUT2D eigenvalue weighted by atomic mass is 19.2. The molecule has 0 spiro atoms. The molecule has 7 heteroatoms. The maximum Gasteiger partial charge on any atom is 0.259 e. The van der Waals surface area contributed by atoms with Crippen LogP contribution in [0.2, 0.25) is 0 Å². The summed E-state index contributed by atoms with van der Waals surface area (Å²) < 4.78 is 53.4. The molecule has 0 saturated heterocycles. The van der Waals surface area contributed by atoms with Gasteiger partial charge in [0.05, 0.1) is 5.56 Å². The summed E-state index contributed by atoms with van der Waals surface area (Å²) in [6.45, 7) is 1.37. The number of amides is 1. The number of carbonyl (C=O) groups is 1. The Kier molecular flexibility index (Phi) is 3.69. The molecule has 0 fully saturated rings. The zero-order valence-corrected chi connectivity index (χ0v) is 10.2. The van der Waals surface area contributed by atoms with Gasteiger partial charge in [0.1, 0.15) is 11.5 Å². The molecule has 0 radical (unpaired) electrons. The molecule has 0 aliphatic carbocycles. The number of nitrogens with zero attached hydrogens (tertiary/aromatic N) is 1. The van der Waals surface area contributed by atoms with Crippen molar-refractivity contribution in [3.63, 3.8) is 0 Å². The highest BCUT2D eigenvalue weighted by Crippen LogP contribution is 2.22. The van der Waals surface area contributed by atoms with Gasteiger partial charge in [-0.05, 0) is 24.6 Å². The average molecular weight is 284 g/mol. The van der Waals surface area contributed by atoms with Crippen molar-refractivity contribution in [2.75, 3.05) is 5.32 Å². The summed E-state index contributed by atoms with van der Waals surface area (Å²) in [5, 5.41) is 1.88. The Hall–Kier alpha value is -2.44. The smallest absolute Gasteiger partial charge is 0.259 e. The first kappa shape index (κ1) is 14.0. The number of aromatic nitrogens is 1. The number of benzene rings is 1. The van der Waals surface area contributed by atoms with Crippen molar-refractivity contribution in [1.82, 2.24) is 4.98 Å². The van der Waals surface area contributed by atoms with Crippen molar-refractivity contribution in [1.29, 1.82) is 0 Å². The van der Waals surface area contributed by atoms with Gasteiger partial charge in [-0.3, -0.25) is 4.79 Å². The van der Waals surface area contributed by atoms with Crippen LogP contribution in [0.5, 0.6) is 0 Å². The number of hydrogen-bond donors (Lipinski definition) is 1. The van der Waals surface area contributed by atoms with Gasteiger partial charge in [0.25, 0.3) is 5.91 Å². The molecule has 1 N–H and O–H groups in total. The lowest BCUT2D eigenvalue weighted by molar-refractivity contribution is 0.102. The number of nitrogens with one attached hydrogen (secondary N) is 1. The molecule has 1 aromatic heterocycles. The maximum atomic E-state index is 13.7. The molecule has 2 rings (SSSR count). The monoisotopic (exact) mass is 284 g/mol. The van der Waals surface area contributed by atoms with Crippen molar-refractivity contribution in [2.24, 2.45) is 0 Å². The Balaban J connectivity index is 2.38. The van der Waals surface area contributed by atoms with E-state index >= 15 is 0 Å². The summed E-state index contributed by atoms with van der Waals surface area (Å²) in [5.74, 6) is -6.13. The Bertz CT molecular complexity index is 688. The van der Waals surface area contributed by atoms with Gasteiger partial charge in [-0.2, -0.15) is 4.39 Å².